The summed E-state index contributed by atoms with van der Waals surface area (Å²) in [4.78, 5) is 0. The average Bonchev–Trinajstić information content (AvgIpc) is 2.46. The molecule has 0 fully saturated rings. The molecule has 0 saturated carbocycles. The molecule has 0 spiro atoms. The fourth-order valence-electron chi connectivity index (χ4n) is 1.85. The fourth-order valence-corrected chi connectivity index (χ4v) is 2.23. The number of hydrogen-bond donors (Lipinski definition) is 4. The standard InChI is InChI=1S/C14H17N5O3S/c15-12-3-1-2-4-14(12)19(17)9-13(16)10-5-7-11(8-6-10)22-23(18,20)21/h1-9H,15-17H2,(H2,18,20,21)/b13-9-. The second kappa shape index (κ2) is 6.57. The van der Waals surface area contributed by atoms with Gasteiger partial charge in [0.2, 0.25) is 0 Å². The molecule has 0 aliphatic carbocycles. The molecule has 0 aliphatic rings. The maximum atomic E-state index is 10.8. The SMILES string of the molecule is N/C(=C\N(N)c1ccccc1N)c1ccc(OS(N)(=O)=O)cc1. The summed E-state index contributed by atoms with van der Waals surface area (Å²) in [7, 11) is -4.06. The Kier molecular flexibility index (Phi) is 4.74. The smallest absolute Gasteiger partial charge is 0.380 e. The summed E-state index contributed by atoms with van der Waals surface area (Å²) in [6.45, 7) is 0. The van der Waals surface area contributed by atoms with Crippen molar-refractivity contribution < 1.29 is 12.6 Å². The van der Waals surface area contributed by atoms with E-state index in [4.69, 9.17) is 22.4 Å². The molecule has 0 radical (unpaired) electrons. The van der Waals surface area contributed by atoms with Crippen LogP contribution in [0.2, 0.25) is 0 Å². The highest BCUT2D eigenvalue weighted by molar-refractivity contribution is 7.84. The minimum absolute atomic E-state index is 0.0842. The first-order valence-corrected chi connectivity index (χ1v) is 7.92. The van der Waals surface area contributed by atoms with Crippen LogP contribution in [0.5, 0.6) is 5.75 Å². The number of hydrogen-bond acceptors (Lipinski definition) is 7. The van der Waals surface area contributed by atoms with Crippen LogP contribution in [-0.2, 0) is 10.3 Å². The highest BCUT2D eigenvalue weighted by atomic mass is 32.2. The minimum atomic E-state index is -4.06. The molecule has 0 aromatic heterocycles. The predicted octanol–water partition coefficient (Wildman–Crippen LogP) is 0.489. The van der Waals surface area contributed by atoms with Crippen molar-refractivity contribution in [1.82, 2.24) is 0 Å². The largest absolute Gasteiger partial charge is 0.397 e. The summed E-state index contributed by atoms with van der Waals surface area (Å²) in [5.74, 6) is 6.01. The third kappa shape index (κ3) is 4.61. The van der Waals surface area contributed by atoms with E-state index < -0.39 is 10.3 Å². The van der Waals surface area contributed by atoms with Crippen molar-refractivity contribution in [3.8, 4) is 5.75 Å². The van der Waals surface area contributed by atoms with E-state index in [1.54, 1.807) is 36.4 Å². The first-order chi connectivity index (χ1) is 10.8. The van der Waals surface area contributed by atoms with Gasteiger partial charge in [-0.25, -0.2) is 5.84 Å². The lowest BCUT2D eigenvalue weighted by Gasteiger charge is -2.17. The van der Waals surface area contributed by atoms with Crippen molar-refractivity contribution in [1.29, 1.82) is 0 Å². The lowest BCUT2D eigenvalue weighted by Crippen LogP contribution is -2.26. The zero-order valence-corrected chi connectivity index (χ0v) is 12.9. The van der Waals surface area contributed by atoms with Gasteiger partial charge in [-0.1, -0.05) is 12.1 Å². The number of rotatable bonds is 5. The number of nitrogens with zero attached hydrogens (tertiary/aromatic N) is 1. The zero-order valence-electron chi connectivity index (χ0n) is 12.1. The van der Waals surface area contributed by atoms with Crippen molar-refractivity contribution >= 4 is 27.4 Å². The molecule has 8 nitrogen and oxygen atoms in total. The van der Waals surface area contributed by atoms with Gasteiger partial charge in [0.1, 0.15) is 5.75 Å². The van der Waals surface area contributed by atoms with E-state index in [1.807, 2.05) is 0 Å². The molecular weight excluding hydrogens is 318 g/mol. The van der Waals surface area contributed by atoms with Crippen LogP contribution < -0.4 is 31.6 Å². The van der Waals surface area contributed by atoms with E-state index in [9.17, 15) is 8.42 Å². The molecule has 23 heavy (non-hydrogen) atoms. The van der Waals surface area contributed by atoms with Crippen molar-refractivity contribution in [3.05, 3.63) is 60.3 Å². The molecule has 9 heteroatoms. The van der Waals surface area contributed by atoms with Crippen LogP contribution >= 0.6 is 0 Å². The zero-order chi connectivity index (χ0) is 17.0. The number of para-hydroxylation sites is 2. The van der Waals surface area contributed by atoms with Gasteiger partial charge in [0.25, 0.3) is 0 Å². The number of benzene rings is 2. The third-order valence-electron chi connectivity index (χ3n) is 2.89. The predicted molar refractivity (Wildman–Crippen MR) is 89.9 cm³/mol. The van der Waals surface area contributed by atoms with Gasteiger partial charge in [0.15, 0.2) is 0 Å². The molecular formula is C14H17N5O3S. The van der Waals surface area contributed by atoms with E-state index in [2.05, 4.69) is 4.18 Å². The molecule has 2 rings (SSSR count). The number of nitrogen functional groups attached to an aromatic ring is 1. The Morgan fingerprint density at radius 1 is 1.09 bits per heavy atom. The fraction of sp³-hybridized carbons (Fsp3) is 0. The van der Waals surface area contributed by atoms with Crippen LogP contribution in [0.4, 0.5) is 11.4 Å². The van der Waals surface area contributed by atoms with E-state index in [1.165, 1.54) is 23.3 Å². The number of hydrazine groups is 1. The van der Waals surface area contributed by atoms with Crippen LogP contribution in [-0.4, -0.2) is 8.42 Å². The maximum absolute atomic E-state index is 10.8. The highest BCUT2D eigenvalue weighted by Crippen LogP contribution is 2.22. The van der Waals surface area contributed by atoms with Gasteiger partial charge in [-0.3, -0.25) is 5.01 Å². The molecule has 0 bridgehead atoms. The summed E-state index contributed by atoms with van der Waals surface area (Å²) in [6.07, 6.45) is 1.50. The lowest BCUT2D eigenvalue weighted by molar-refractivity contribution is 0.488. The van der Waals surface area contributed by atoms with Crippen LogP contribution in [0.3, 0.4) is 0 Å². The molecule has 2 aromatic carbocycles. The van der Waals surface area contributed by atoms with Gasteiger partial charge in [-0.15, -0.1) is 0 Å². The van der Waals surface area contributed by atoms with Crippen molar-refractivity contribution in [2.24, 2.45) is 16.7 Å². The third-order valence-corrected chi connectivity index (χ3v) is 3.32. The second-order valence-electron chi connectivity index (χ2n) is 4.65. The summed E-state index contributed by atoms with van der Waals surface area (Å²) in [6, 6.07) is 13.1. The number of anilines is 2. The van der Waals surface area contributed by atoms with Gasteiger partial charge in [-0.2, -0.15) is 13.6 Å². The summed E-state index contributed by atoms with van der Waals surface area (Å²) in [5, 5.41) is 6.09. The van der Waals surface area contributed by atoms with Crippen LogP contribution in [0, 0.1) is 0 Å². The van der Waals surface area contributed by atoms with Crippen LogP contribution in [0.25, 0.3) is 5.70 Å². The Balaban J connectivity index is 2.19. The molecule has 122 valence electrons. The summed E-state index contributed by atoms with van der Waals surface area (Å²) >= 11 is 0. The molecule has 0 heterocycles. The van der Waals surface area contributed by atoms with Crippen molar-refractivity contribution in [2.45, 2.75) is 0 Å². The molecule has 8 N–H and O–H groups in total. The van der Waals surface area contributed by atoms with E-state index in [0.717, 1.165) is 0 Å². The van der Waals surface area contributed by atoms with Crippen molar-refractivity contribution in [3.63, 3.8) is 0 Å². The van der Waals surface area contributed by atoms with E-state index >= 15 is 0 Å². The van der Waals surface area contributed by atoms with Crippen LogP contribution in [0.15, 0.2) is 54.7 Å². The van der Waals surface area contributed by atoms with Gasteiger partial charge in [0, 0.05) is 6.20 Å². The normalized spacial score (nSPS) is 12.0. The molecule has 0 aliphatic heterocycles. The molecule has 0 atom stereocenters. The molecule has 0 amide bonds. The van der Waals surface area contributed by atoms with Crippen molar-refractivity contribution in [2.75, 3.05) is 10.7 Å². The van der Waals surface area contributed by atoms with E-state index in [-0.39, 0.29) is 5.75 Å². The first kappa shape index (κ1) is 16.6. The first-order valence-electron chi connectivity index (χ1n) is 6.44. The van der Waals surface area contributed by atoms with Crippen LogP contribution in [0.1, 0.15) is 5.56 Å². The monoisotopic (exact) mass is 335 g/mol. The maximum Gasteiger partial charge on any atom is 0.380 e. The molecule has 2 aromatic rings. The number of nitrogens with two attached hydrogens (primary N) is 4. The summed E-state index contributed by atoms with van der Waals surface area (Å²) in [5.41, 5.74) is 13.9. The molecule has 0 unspecified atom stereocenters. The quantitative estimate of drug-likeness (QED) is 0.352. The minimum Gasteiger partial charge on any atom is -0.397 e. The summed E-state index contributed by atoms with van der Waals surface area (Å²) < 4.78 is 26.2. The van der Waals surface area contributed by atoms with Gasteiger partial charge < -0.3 is 15.7 Å². The van der Waals surface area contributed by atoms with Gasteiger partial charge >= 0.3 is 10.3 Å². The Labute approximate surface area is 134 Å². The van der Waals surface area contributed by atoms with Gasteiger partial charge in [-0.05, 0) is 42.0 Å². The Bertz CT molecular complexity index is 819. The van der Waals surface area contributed by atoms with Gasteiger partial charge in [0.05, 0.1) is 17.1 Å². The lowest BCUT2D eigenvalue weighted by atomic mass is 10.1. The second-order valence-corrected chi connectivity index (χ2v) is 5.80. The Hall–Kier alpha value is -2.75. The molecule has 0 saturated heterocycles. The Morgan fingerprint density at radius 3 is 2.26 bits per heavy atom. The average molecular weight is 335 g/mol. The topological polar surface area (TPSA) is 151 Å². The Morgan fingerprint density at radius 2 is 1.70 bits per heavy atom. The highest BCUT2D eigenvalue weighted by Gasteiger charge is 2.07. The van der Waals surface area contributed by atoms with E-state index in [0.29, 0.717) is 22.6 Å².